The van der Waals surface area contributed by atoms with Crippen LogP contribution in [0.4, 0.5) is 0 Å². The van der Waals surface area contributed by atoms with Crippen LogP contribution in [0, 0.1) is 0 Å². The predicted molar refractivity (Wildman–Crippen MR) is 72.3 cm³/mol. The van der Waals surface area contributed by atoms with E-state index in [-0.39, 0.29) is 5.91 Å². The molecule has 1 aromatic heterocycles. The molecule has 2 aromatic rings. The van der Waals surface area contributed by atoms with Crippen molar-refractivity contribution in [3.63, 3.8) is 0 Å². The molecule has 4 nitrogen and oxygen atoms in total. The quantitative estimate of drug-likeness (QED) is 0.780. The van der Waals surface area contributed by atoms with Gasteiger partial charge in [-0.1, -0.05) is 12.1 Å². The normalized spacial score (nSPS) is 10.8. The van der Waals surface area contributed by atoms with E-state index in [1.807, 2.05) is 18.2 Å². The van der Waals surface area contributed by atoms with Gasteiger partial charge in [0.25, 0.3) is 0 Å². The van der Waals surface area contributed by atoms with Crippen molar-refractivity contribution in [1.29, 1.82) is 0 Å². The number of carbonyl (C=O) groups excluding carboxylic acids is 1. The third-order valence-electron chi connectivity index (χ3n) is 2.74. The fourth-order valence-corrected chi connectivity index (χ4v) is 2.69. The monoisotopic (exact) mass is 264 g/mol. The molecule has 0 radical (unpaired) electrons. The number of aryl methyl sites for hydroxylation is 1. The van der Waals surface area contributed by atoms with Crippen molar-refractivity contribution < 1.29 is 9.63 Å². The molecule has 0 saturated heterocycles. The van der Waals surface area contributed by atoms with Crippen LogP contribution in [0.2, 0.25) is 0 Å². The lowest BCUT2D eigenvalue weighted by Crippen LogP contribution is -2.25. The van der Waals surface area contributed by atoms with Gasteiger partial charge in [-0.15, -0.1) is 11.3 Å². The lowest BCUT2D eigenvalue weighted by molar-refractivity contribution is -0.168. The Hall–Kier alpha value is -1.46. The van der Waals surface area contributed by atoms with Gasteiger partial charge >= 0.3 is 0 Å². The molecule has 0 fully saturated rings. The highest BCUT2D eigenvalue weighted by molar-refractivity contribution is 7.18. The van der Waals surface area contributed by atoms with E-state index in [0.717, 1.165) is 23.4 Å². The molecule has 1 heterocycles. The minimum absolute atomic E-state index is 0.00129. The minimum Gasteiger partial charge on any atom is -0.275 e. The maximum atomic E-state index is 11.5. The molecule has 2 rings (SSSR count). The molecule has 0 spiro atoms. The lowest BCUT2D eigenvalue weighted by atomic mass is 10.2. The standard InChI is InChI=1S/C13H16N2O2S/c1-15(17-2)13(16)9-5-8-12-14-10-6-3-4-7-11(10)18-12/h3-4,6-7H,5,8-9H2,1-2H3. The van der Waals surface area contributed by atoms with Crippen LogP contribution in [0.15, 0.2) is 24.3 Å². The number of aromatic nitrogens is 1. The van der Waals surface area contributed by atoms with E-state index in [1.165, 1.54) is 16.9 Å². The zero-order valence-electron chi connectivity index (χ0n) is 10.5. The second kappa shape index (κ2) is 5.93. The Balaban J connectivity index is 1.89. The van der Waals surface area contributed by atoms with Crippen LogP contribution >= 0.6 is 11.3 Å². The first-order chi connectivity index (χ1) is 8.70. The number of amides is 1. The number of para-hydroxylation sites is 1. The summed E-state index contributed by atoms with van der Waals surface area (Å²) in [5.41, 5.74) is 1.04. The van der Waals surface area contributed by atoms with Crippen LogP contribution in [0.25, 0.3) is 10.2 Å². The van der Waals surface area contributed by atoms with Gasteiger partial charge in [-0.2, -0.15) is 0 Å². The Morgan fingerprint density at radius 2 is 2.22 bits per heavy atom. The van der Waals surface area contributed by atoms with Crippen LogP contribution in [0.1, 0.15) is 17.8 Å². The number of hydrogen-bond acceptors (Lipinski definition) is 4. The molecule has 0 aliphatic rings. The Morgan fingerprint density at radius 1 is 1.44 bits per heavy atom. The first-order valence-corrected chi connectivity index (χ1v) is 6.67. The summed E-state index contributed by atoms with van der Waals surface area (Å²) in [5, 5.41) is 2.35. The van der Waals surface area contributed by atoms with E-state index in [1.54, 1.807) is 18.4 Å². The van der Waals surface area contributed by atoms with E-state index < -0.39 is 0 Å². The molecular weight excluding hydrogens is 248 g/mol. The average molecular weight is 264 g/mol. The van der Waals surface area contributed by atoms with Gasteiger partial charge in [0.15, 0.2) is 0 Å². The average Bonchev–Trinajstić information content (AvgIpc) is 2.80. The van der Waals surface area contributed by atoms with Crippen molar-refractivity contribution in [3.8, 4) is 0 Å². The number of hydroxylamine groups is 2. The molecule has 1 amide bonds. The van der Waals surface area contributed by atoms with Gasteiger partial charge in [-0.3, -0.25) is 9.63 Å². The van der Waals surface area contributed by atoms with E-state index >= 15 is 0 Å². The van der Waals surface area contributed by atoms with E-state index in [0.29, 0.717) is 6.42 Å². The van der Waals surface area contributed by atoms with Crippen LogP contribution < -0.4 is 0 Å². The molecular formula is C13H16N2O2S. The van der Waals surface area contributed by atoms with Crippen molar-refractivity contribution in [2.75, 3.05) is 14.2 Å². The maximum absolute atomic E-state index is 11.5. The van der Waals surface area contributed by atoms with Gasteiger partial charge in [0.1, 0.15) is 0 Å². The van der Waals surface area contributed by atoms with Crippen molar-refractivity contribution in [2.45, 2.75) is 19.3 Å². The highest BCUT2D eigenvalue weighted by atomic mass is 32.1. The molecule has 0 bridgehead atoms. The fraction of sp³-hybridized carbons (Fsp3) is 0.385. The van der Waals surface area contributed by atoms with Crippen LogP contribution in [-0.2, 0) is 16.1 Å². The summed E-state index contributed by atoms with van der Waals surface area (Å²) in [6.07, 6.45) is 2.12. The van der Waals surface area contributed by atoms with Crippen molar-refractivity contribution in [3.05, 3.63) is 29.3 Å². The molecule has 0 saturated carbocycles. The number of thiazole rings is 1. The second-order valence-electron chi connectivity index (χ2n) is 4.00. The number of nitrogens with zero attached hydrogens (tertiary/aromatic N) is 2. The van der Waals surface area contributed by atoms with Crippen molar-refractivity contribution >= 4 is 27.5 Å². The summed E-state index contributed by atoms with van der Waals surface area (Å²) in [5.74, 6) is -0.00129. The van der Waals surface area contributed by atoms with Gasteiger partial charge < -0.3 is 0 Å². The van der Waals surface area contributed by atoms with Crippen molar-refractivity contribution in [1.82, 2.24) is 10.0 Å². The molecule has 0 aliphatic heterocycles. The molecule has 0 N–H and O–H groups in total. The largest absolute Gasteiger partial charge is 0.275 e. The first kappa shape index (κ1) is 13.0. The van der Waals surface area contributed by atoms with E-state index in [4.69, 9.17) is 4.84 Å². The summed E-state index contributed by atoms with van der Waals surface area (Å²) in [6, 6.07) is 8.09. The maximum Gasteiger partial charge on any atom is 0.245 e. The Kier molecular flexibility index (Phi) is 4.28. The van der Waals surface area contributed by atoms with Crippen LogP contribution in [0.3, 0.4) is 0 Å². The minimum atomic E-state index is -0.00129. The Morgan fingerprint density at radius 3 is 2.94 bits per heavy atom. The van der Waals surface area contributed by atoms with Gasteiger partial charge in [-0.25, -0.2) is 10.0 Å². The topological polar surface area (TPSA) is 42.4 Å². The zero-order chi connectivity index (χ0) is 13.0. The third-order valence-corrected chi connectivity index (χ3v) is 3.84. The Bertz CT molecular complexity index is 506. The Labute approximate surface area is 110 Å². The van der Waals surface area contributed by atoms with Gasteiger partial charge in [-0.05, 0) is 25.0 Å². The number of hydrogen-bond donors (Lipinski definition) is 0. The zero-order valence-corrected chi connectivity index (χ0v) is 11.4. The second-order valence-corrected chi connectivity index (χ2v) is 5.12. The highest BCUT2D eigenvalue weighted by Gasteiger charge is 2.08. The summed E-state index contributed by atoms with van der Waals surface area (Å²) in [6.45, 7) is 0. The molecule has 5 heteroatoms. The molecule has 96 valence electrons. The first-order valence-electron chi connectivity index (χ1n) is 5.86. The number of benzene rings is 1. The van der Waals surface area contributed by atoms with Gasteiger partial charge in [0.05, 0.1) is 22.3 Å². The lowest BCUT2D eigenvalue weighted by Gasteiger charge is -2.12. The molecule has 18 heavy (non-hydrogen) atoms. The number of fused-ring (bicyclic) bond motifs is 1. The predicted octanol–water partition coefficient (Wildman–Crippen LogP) is 2.64. The van der Waals surface area contributed by atoms with Gasteiger partial charge in [0, 0.05) is 13.5 Å². The van der Waals surface area contributed by atoms with Gasteiger partial charge in [0.2, 0.25) is 5.91 Å². The molecule has 0 unspecified atom stereocenters. The highest BCUT2D eigenvalue weighted by Crippen LogP contribution is 2.22. The fourth-order valence-electron chi connectivity index (χ4n) is 1.68. The summed E-state index contributed by atoms with van der Waals surface area (Å²) >= 11 is 1.70. The summed E-state index contributed by atoms with van der Waals surface area (Å²) in [7, 11) is 3.12. The third kappa shape index (κ3) is 3.05. The van der Waals surface area contributed by atoms with Crippen LogP contribution in [0.5, 0.6) is 0 Å². The van der Waals surface area contributed by atoms with E-state index in [9.17, 15) is 4.79 Å². The molecule has 1 aromatic carbocycles. The number of rotatable bonds is 5. The van der Waals surface area contributed by atoms with Crippen LogP contribution in [-0.4, -0.2) is 30.1 Å². The summed E-state index contributed by atoms with van der Waals surface area (Å²) < 4.78 is 1.20. The molecule has 0 aliphatic carbocycles. The SMILES string of the molecule is CON(C)C(=O)CCCc1nc2ccccc2s1. The summed E-state index contributed by atoms with van der Waals surface area (Å²) in [4.78, 5) is 20.9. The molecule has 0 atom stereocenters. The smallest absolute Gasteiger partial charge is 0.245 e. The number of carbonyl (C=O) groups is 1. The van der Waals surface area contributed by atoms with Crippen molar-refractivity contribution in [2.24, 2.45) is 0 Å². The van der Waals surface area contributed by atoms with E-state index in [2.05, 4.69) is 11.1 Å².